The lowest BCUT2D eigenvalue weighted by Gasteiger charge is -2.14. The number of sulfone groups is 1. The maximum Gasteiger partial charge on any atom is 0.397 e. The van der Waals surface area contributed by atoms with E-state index in [1.54, 1.807) is 0 Å². The van der Waals surface area contributed by atoms with Crippen LogP contribution in [0.25, 0.3) is 21.5 Å². The normalized spacial score (nSPS) is 13.2. The second-order valence-electron chi connectivity index (χ2n) is 15.0. The summed E-state index contributed by atoms with van der Waals surface area (Å²) in [7, 11) is -35.5. The molecule has 11 N–H and O–H groups in total. The maximum atomic E-state index is 12.8. The Kier molecular flexibility index (Phi) is 15.0. The van der Waals surface area contributed by atoms with Gasteiger partial charge in [-0.15, -0.1) is 15.3 Å². The molecule has 76 heavy (non-hydrogen) atoms. The van der Waals surface area contributed by atoms with Crippen LogP contribution in [0, 0.1) is 0 Å². The van der Waals surface area contributed by atoms with Crippen molar-refractivity contribution in [2.24, 2.45) is 20.5 Å². The predicted octanol–water partition coefficient (Wildman–Crippen LogP) is 4.61. The molecule has 0 fully saturated rings. The Bertz CT molecular complexity index is 4470. The van der Waals surface area contributed by atoms with E-state index in [0.29, 0.717) is 18.2 Å². The molecular formula is C37H30N10O22S7. The van der Waals surface area contributed by atoms with Crippen molar-refractivity contribution in [2.75, 3.05) is 28.7 Å². The molecule has 0 spiro atoms. The van der Waals surface area contributed by atoms with Crippen LogP contribution in [0.1, 0.15) is 0 Å². The fourth-order valence-corrected chi connectivity index (χ4v) is 11.7. The quantitative estimate of drug-likeness (QED) is 0.0318. The Balaban J connectivity index is 1.27. The number of anilines is 5. The topological polar surface area (TPSA) is 528 Å². The summed E-state index contributed by atoms with van der Waals surface area (Å²) in [6.07, 6.45) is 0.962. The van der Waals surface area contributed by atoms with E-state index in [9.17, 15) is 86.8 Å². The van der Waals surface area contributed by atoms with Gasteiger partial charge >= 0.3 is 10.4 Å². The Labute approximate surface area is 427 Å². The molecule has 0 aliphatic carbocycles. The molecular weight excluding hydrogens is 1160 g/mol. The van der Waals surface area contributed by atoms with Gasteiger partial charge in [-0.2, -0.15) is 60.6 Å². The molecule has 0 saturated carbocycles. The number of aromatic hydroxyl groups is 1. The highest BCUT2D eigenvalue weighted by Crippen LogP contribution is 2.49. The molecule has 0 bridgehead atoms. The maximum absolute atomic E-state index is 12.8. The number of aromatic nitrogens is 3. The predicted molar refractivity (Wildman–Crippen MR) is 260 cm³/mol. The van der Waals surface area contributed by atoms with E-state index in [2.05, 4.69) is 50.2 Å². The Morgan fingerprint density at radius 3 is 1.70 bits per heavy atom. The lowest BCUT2D eigenvalue weighted by atomic mass is 10.1. The lowest BCUT2D eigenvalue weighted by molar-refractivity contribution is 0.284. The molecule has 0 aliphatic rings. The SMILES string of the molecule is Nc1c(/N=N/c2cc(Nc3ncnc(Nc4ccc(S(=O)(=O)CCOS(=O)(=O)O)cc4)n3)cc(S(=O)(=O)O)c2)c(S(=O)(=O)O)cc2cc(S(=O)(=O)O)c(/N=N/c3ccc4c(S(=O)(=O)O)cccc4c3S(=O)(=O)O)c(O)c12. The molecule has 402 valence electrons. The molecule has 7 aromatic rings. The lowest BCUT2D eigenvalue weighted by Crippen LogP contribution is -2.15. The minimum absolute atomic E-state index is 0.197. The number of benzene rings is 6. The zero-order chi connectivity index (χ0) is 56.1. The van der Waals surface area contributed by atoms with Gasteiger partial charge in [-0.25, -0.2) is 22.6 Å². The van der Waals surface area contributed by atoms with E-state index in [0.717, 1.165) is 60.9 Å². The smallest absolute Gasteiger partial charge is 0.397 e. The summed E-state index contributed by atoms with van der Waals surface area (Å²) in [5.74, 6) is -2.69. The monoisotopic (exact) mass is 1190 g/mol. The zero-order valence-corrected chi connectivity index (χ0v) is 42.6. The number of nitrogen functional groups attached to an aromatic ring is 1. The van der Waals surface area contributed by atoms with Crippen LogP contribution in [0.4, 0.5) is 51.7 Å². The van der Waals surface area contributed by atoms with E-state index in [4.69, 9.17) is 10.3 Å². The second kappa shape index (κ2) is 20.3. The largest absolute Gasteiger partial charge is 0.505 e. The first kappa shape index (κ1) is 56.3. The van der Waals surface area contributed by atoms with Crippen LogP contribution in [0.15, 0.2) is 141 Å². The van der Waals surface area contributed by atoms with Crippen LogP contribution in [0.2, 0.25) is 0 Å². The van der Waals surface area contributed by atoms with Gasteiger partial charge in [0.25, 0.3) is 50.6 Å². The number of azo groups is 2. The summed E-state index contributed by atoms with van der Waals surface area (Å²) in [6, 6.07) is 12.9. The average molecular weight is 1190 g/mol. The van der Waals surface area contributed by atoms with Gasteiger partial charge in [-0.3, -0.25) is 27.3 Å². The molecule has 6 aromatic carbocycles. The van der Waals surface area contributed by atoms with Crippen molar-refractivity contribution >= 4 is 144 Å². The van der Waals surface area contributed by atoms with Crippen molar-refractivity contribution in [2.45, 2.75) is 29.4 Å². The van der Waals surface area contributed by atoms with Gasteiger partial charge in [0.2, 0.25) is 11.9 Å². The first-order chi connectivity index (χ1) is 35.0. The van der Waals surface area contributed by atoms with Gasteiger partial charge in [-0.05, 0) is 72.1 Å². The highest BCUT2D eigenvalue weighted by Gasteiger charge is 2.30. The zero-order valence-electron chi connectivity index (χ0n) is 36.9. The fraction of sp³-hybridized carbons (Fsp3) is 0.0541. The van der Waals surface area contributed by atoms with Crippen LogP contribution < -0.4 is 16.4 Å². The van der Waals surface area contributed by atoms with Gasteiger partial charge in [0, 0.05) is 22.1 Å². The summed E-state index contributed by atoms with van der Waals surface area (Å²) >= 11 is 0. The second-order valence-corrected chi connectivity index (χ2v) is 25.2. The summed E-state index contributed by atoms with van der Waals surface area (Å²) in [6.45, 7) is -0.874. The van der Waals surface area contributed by atoms with Crippen LogP contribution in [0.3, 0.4) is 0 Å². The molecule has 7 rings (SSSR count). The molecule has 0 saturated heterocycles. The third kappa shape index (κ3) is 12.8. The van der Waals surface area contributed by atoms with E-state index in [1.807, 2.05) is 0 Å². The fourth-order valence-electron chi connectivity index (χ4n) is 6.83. The van der Waals surface area contributed by atoms with Crippen molar-refractivity contribution in [1.82, 2.24) is 15.0 Å². The summed E-state index contributed by atoms with van der Waals surface area (Å²) in [4.78, 5) is 6.24. The summed E-state index contributed by atoms with van der Waals surface area (Å²) < 4.78 is 235. The molecule has 1 aromatic heterocycles. The van der Waals surface area contributed by atoms with Gasteiger partial charge in [0.1, 0.15) is 43.0 Å². The van der Waals surface area contributed by atoms with Gasteiger partial charge < -0.3 is 21.5 Å². The summed E-state index contributed by atoms with van der Waals surface area (Å²) in [5.41, 5.74) is 1.57. The Morgan fingerprint density at radius 1 is 0.553 bits per heavy atom. The van der Waals surface area contributed by atoms with Crippen LogP contribution in [0.5, 0.6) is 5.75 Å². The Hall–Kier alpha value is -7.38. The molecule has 39 heteroatoms. The van der Waals surface area contributed by atoms with E-state index in [-0.39, 0.29) is 28.2 Å². The minimum Gasteiger partial charge on any atom is -0.505 e. The molecule has 32 nitrogen and oxygen atoms in total. The standard InChI is InChI=1S/C37H30N10O22S7/c38-31-30-18(13-29(74(60,61)62)33(34(30)48)47-45-26-9-8-24-25(35(26)75(63,64)65)2-1-3-27(24)72(54,55)56)12-28(73(57,58)59)32(31)46-44-21-14-20(15-23(16-21)71(51,52)53)42-37-40-17-39-36(43-37)41-19-4-6-22(7-5-19)70(49,50)11-10-69-76(66,67)68/h1-9,12-17,48H,10-11,38H2,(H,51,52,53)(H,54,55,56)(H,57,58,59)(H,60,61,62)(H,63,64,65)(H,66,67,68)(H2,39,40,41,42,43)/b46-44+,47-45+. The van der Waals surface area contributed by atoms with Crippen LogP contribution >= 0.6 is 0 Å². The number of phenols is 1. The summed E-state index contributed by atoms with van der Waals surface area (Å²) in [5, 5.41) is 29.2. The number of hydrogen-bond donors (Lipinski definition) is 10. The molecule has 0 aliphatic heterocycles. The van der Waals surface area contributed by atoms with Gasteiger partial charge in [0.05, 0.1) is 38.9 Å². The highest BCUT2D eigenvalue weighted by molar-refractivity contribution is 7.91. The van der Waals surface area contributed by atoms with Crippen molar-refractivity contribution in [1.29, 1.82) is 0 Å². The third-order valence-corrected chi connectivity index (χ3v) is 16.5. The van der Waals surface area contributed by atoms with Crippen LogP contribution in [-0.2, 0) is 75.0 Å². The number of hydrogen-bond acceptors (Lipinski definition) is 26. The molecule has 1 heterocycles. The molecule has 0 unspecified atom stereocenters. The van der Waals surface area contributed by atoms with E-state index >= 15 is 0 Å². The number of nitrogens with zero attached hydrogens (tertiary/aromatic N) is 7. The van der Waals surface area contributed by atoms with E-state index < -0.39 is 163 Å². The average Bonchev–Trinajstić information content (AvgIpc) is 3.28. The first-order valence-corrected chi connectivity index (χ1v) is 29.9. The van der Waals surface area contributed by atoms with Gasteiger partial charge in [-0.1, -0.05) is 18.2 Å². The van der Waals surface area contributed by atoms with E-state index in [1.165, 1.54) is 12.1 Å². The Morgan fingerprint density at radius 2 is 1.13 bits per heavy atom. The number of fused-ring (bicyclic) bond motifs is 2. The molecule has 0 amide bonds. The van der Waals surface area contributed by atoms with Gasteiger partial charge in [0.15, 0.2) is 15.6 Å². The van der Waals surface area contributed by atoms with Crippen LogP contribution in [-0.4, -0.2) is 119 Å². The molecule has 0 atom stereocenters. The number of nitrogens with two attached hydrogens (primary N) is 1. The number of rotatable bonds is 18. The minimum atomic E-state index is -5.54. The number of phenolic OH excluding ortho intramolecular Hbond substituents is 1. The van der Waals surface area contributed by atoms with Crippen molar-refractivity contribution in [3.63, 3.8) is 0 Å². The van der Waals surface area contributed by atoms with Crippen molar-refractivity contribution in [3.8, 4) is 5.75 Å². The van der Waals surface area contributed by atoms with Crippen molar-refractivity contribution < 1.29 is 95.5 Å². The highest BCUT2D eigenvalue weighted by atomic mass is 32.3. The first-order valence-electron chi connectivity index (χ1n) is 19.7. The third-order valence-electron chi connectivity index (χ3n) is 9.95. The van der Waals surface area contributed by atoms with Crippen molar-refractivity contribution in [3.05, 3.63) is 91.3 Å². The number of nitrogens with one attached hydrogen (secondary N) is 2. The molecule has 0 radical (unpaired) electrons.